The third-order valence-electron chi connectivity index (χ3n) is 6.44. The molecule has 5 rings (SSSR count). The van der Waals surface area contributed by atoms with Gasteiger partial charge in [0.1, 0.15) is 11.1 Å². The van der Waals surface area contributed by atoms with Crippen LogP contribution in [0.5, 0.6) is 0 Å². The highest BCUT2D eigenvalue weighted by atomic mass is 79.9. The fourth-order valence-electron chi connectivity index (χ4n) is 5.01. The number of amides is 2. The fraction of sp³-hybridized carbons (Fsp3) is 0.391. The lowest BCUT2D eigenvalue weighted by Gasteiger charge is -2.27. The van der Waals surface area contributed by atoms with Crippen molar-refractivity contribution >= 4 is 44.4 Å². The van der Waals surface area contributed by atoms with Crippen molar-refractivity contribution in [1.29, 1.82) is 0 Å². The molecule has 2 fully saturated rings. The molecule has 9 nitrogen and oxygen atoms in total. The summed E-state index contributed by atoms with van der Waals surface area (Å²) in [4.78, 5) is 49.0. The Bertz CT molecular complexity index is 1320. The normalized spacial score (nSPS) is 21.3. The number of hydrogen-bond acceptors (Lipinski definition) is 6. The van der Waals surface area contributed by atoms with Crippen LogP contribution in [0.4, 0.5) is 0 Å². The van der Waals surface area contributed by atoms with Crippen LogP contribution < -0.4 is 5.73 Å². The first-order valence-corrected chi connectivity index (χ1v) is 11.6. The molecule has 2 N–H and O–H groups in total. The SMILES string of the molecule is Cc1cc2c(C(N)=O)nn(CC(=O)N3[C@@H]4C[C@@H]4C[C@H]3C(=O)Cc3cccc(Br)n3)c2c(C)n1. The fourth-order valence-corrected chi connectivity index (χ4v) is 5.39. The summed E-state index contributed by atoms with van der Waals surface area (Å²) >= 11 is 3.33. The standard InChI is InChI=1S/C23H23BrN6O3/c1-11-6-15-21(23(25)33)28-29(22(15)12(2)26-11)10-20(32)30-16-7-13(16)8-17(30)18(31)9-14-4-3-5-19(24)27-14/h3-6,13,16-17H,7-10H2,1-2H3,(H2,25,33)/t13-,16-,17+/m1/s1. The third-order valence-corrected chi connectivity index (χ3v) is 6.88. The van der Waals surface area contributed by atoms with E-state index in [0.29, 0.717) is 39.2 Å². The number of carbonyl (C=O) groups excluding carboxylic acids is 3. The summed E-state index contributed by atoms with van der Waals surface area (Å²) in [5, 5.41) is 4.93. The Balaban J connectivity index is 1.42. The molecule has 3 aromatic heterocycles. The van der Waals surface area contributed by atoms with Crippen molar-refractivity contribution in [2.45, 2.75) is 51.7 Å². The predicted molar refractivity (Wildman–Crippen MR) is 123 cm³/mol. The van der Waals surface area contributed by atoms with Crippen molar-refractivity contribution in [3.8, 4) is 0 Å². The van der Waals surface area contributed by atoms with Gasteiger partial charge in [0.05, 0.1) is 23.7 Å². The molecule has 33 heavy (non-hydrogen) atoms. The molecular formula is C23H23BrN6O3. The van der Waals surface area contributed by atoms with Crippen LogP contribution in [0.1, 0.15) is 40.4 Å². The molecular weight excluding hydrogens is 488 g/mol. The lowest BCUT2D eigenvalue weighted by Crippen LogP contribution is -2.45. The van der Waals surface area contributed by atoms with Crippen LogP contribution in [0.25, 0.3) is 10.9 Å². The lowest BCUT2D eigenvalue weighted by atomic mass is 10.0. The highest BCUT2D eigenvalue weighted by Crippen LogP contribution is 2.48. The Kier molecular flexibility index (Phi) is 5.27. The van der Waals surface area contributed by atoms with E-state index in [4.69, 9.17) is 5.73 Å². The van der Waals surface area contributed by atoms with Crippen LogP contribution in [0, 0.1) is 19.8 Å². The molecule has 0 radical (unpaired) electrons. The second-order valence-corrected chi connectivity index (χ2v) is 9.64. The zero-order chi connectivity index (χ0) is 23.4. The predicted octanol–water partition coefficient (Wildman–Crippen LogP) is 2.11. The van der Waals surface area contributed by atoms with Crippen LogP contribution >= 0.6 is 15.9 Å². The molecule has 0 unspecified atom stereocenters. The van der Waals surface area contributed by atoms with Crippen molar-refractivity contribution in [3.63, 3.8) is 0 Å². The van der Waals surface area contributed by atoms with Gasteiger partial charge in [-0.15, -0.1) is 0 Å². The first-order chi connectivity index (χ1) is 15.7. The molecule has 0 aromatic carbocycles. The van der Waals surface area contributed by atoms with Gasteiger partial charge in [-0.05, 0) is 66.7 Å². The molecule has 1 aliphatic carbocycles. The number of nitrogens with two attached hydrogens (primary N) is 1. The lowest BCUT2D eigenvalue weighted by molar-refractivity contribution is -0.139. The molecule has 10 heteroatoms. The van der Waals surface area contributed by atoms with Crippen molar-refractivity contribution < 1.29 is 14.4 Å². The van der Waals surface area contributed by atoms with Gasteiger partial charge in [-0.2, -0.15) is 5.10 Å². The van der Waals surface area contributed by atoms with E-state index < -0.39 is 11.9 Å². The van der Waals surface area contributed by atoms with Gasteiger partial charge in [-0.25, -0.2) is 4.98 Å². The topological polar surface area (TPSA) is 124 Å². The molecule has 4 heterocycles. The molecule has 2 aliphatic rings. The Morgan fingerprint density at radius 1 is 1.18 bits per heavy atom. The van der Waals surface area contributed by atoms with Crippen LogP contribution in [-0.4, -0.2) is 54.3 Å². The van der Waals surface area contributed by atoms with E-state index in [9.17, 15) is 14.4 Å². The average Bonchev–Trinajstić information content (AvgIpc) is 3.23. The van der Waals surface area contributed by atoms with E-state index in [1.165, 1.54) is 4.68 Å². The van der Waals surface area contributed by atoms with E-state index in [-0.39, 0.29) is 36.4 Å². The number of aromatic nitrogens is 4. The molecule has 1 saturated heterocycles. The number of likely N-dealkylation sites (tertiary alicyclic amines) is 1. The minimum Gasteiger partial charge on any atom is -0.364 e. The Morgan fingerprint density at radius 3 is 2.70 bits per heavy atom. The second kappa shape index (κ2) is 8.02. The van der Waals surface area contributed by atoms with Gasteiger partial charge < -0.3 is 10.6 Å². The minimum absolute atomic E-state index is 0.0160. The van der Waals surface area contributed by atoms with Gasteiger partial charge in [0.25, 0.3) is 5.91 Å². The van der Waals surface area contributed by atoms with E-state index >= 15 is 0 Å². The number of piperidine rings is 1. The van der Waals surface area contributed by atoms with E-state index in [1.807, 2.05) is 32.0 Å². The number of halogens is 1. The number of pyridine rings is 2. The number of ketones is 1. The number of carbonyl (C=O) groups is 3. The molecule has 0 bridgehead atoms. The smallest absolute Gasteiger partial charge is 0.269 e. The molecule has 2 amide bonds. The van der Waals surface area contributed by atoms with Crippen LogP contribution in [0.15, 0.2) is 28.9 Å². The number of Topliss-reactive ketones (excluding diaryl/α,β-unsaturated/α-hetero) is 1. The van der Waals surface area contributed by atoms with E-state index in [0.717, 1.165) is 12.1 Å². The first-order valence-electron chi connectivity index (χ1n) is 10.8. The summed E-state index contributed by atoms with van der Waals surface area (Å²) in [6, 6.07) is 6.82. The summed E-state index contributed by atoms with van der Waals surface area (Å²) in [7, 11) is 0. The highest BCUT2D eigenvalue weighted by molar-refractivity contribution is 9.10. The molecule has 1 saturated carbocycles. The number of nitrogens with zero attached hydrogens (tertiary/aromatic N) is 5. The Hall–Kier alpha value is -3.14. The molecule has 0 spiro atoms. The van der Waals surface area contributed by atoms with Crippen LogP contribution in [-0.2, 0) is 22.6 Å². The monoisotopic (exact) mass is 510 g/mol. The van der Waals surface area contributed by atoms with Gasteiger partial charge in [0, 0.05) is 22.8 Å². The summed E-state index contributed by atoms with van der Waals surface area (Å²) in [5.41, 5.74) is 8.33. The quantitative estimate of drug-likeness (QED) is 0.506. The van der Waals surface area contributed by atoms with Gasteiger partial charge >= 0.3 is 0 Å². The van der Waals surface area contributed by atoms with Gasteiger partial charge in [-0.1, -0.05) is 6.07 Å². The van der Waals surface area contributed by atoms with Crippen LogP contribution in [0.3, 0.4) is 0 Å². The number of primary amides is 1. The summed E-state index contributed by atoms with van der Waals surface area (Å²) < 4.78 is 2.16. The van der Waals surface area contributed by atoms with E-state index in [2.05, 4.69) is 31.0 Å². The van der Waals surface area contributed by atoms with Crippen molar-refractivity contribution in [1.82, 2.24) is 24.6 Å². The van der Waals surface area contributed by atoms with Gasteiger partial charge in [0.15, 0.2) is 11.5 Å². The zero-order valence-corrected chi connectivity index (χ0v) is 19.9. The van der Waals surface area contributed by atoms with Crippen molar-refractivity contribution in [3.05, 3.63) is 51.6 Å². The molecule has 1 aliphatic heterocycles. The number of hydrogen-bond donors (Lipinski definition) is 1. The Morgan fingerprint density at radius 2 is 1.97 bits per heavy atom. The Labute approximate surface area is 198 Å². The summed E-state index contributed by atoms with van der Waals surface area (Å²) in [6.45, 7) is 3.55. The molecule has 170 valence electrons. The van der Waals surface area contributed by atoms with Crippen LogP contribution in [0.2, 0.25) is 0 Å². The largest absolute Gasteiger partial charge is 0.364 e. The van der Waals surface area contributed by atoms with Crippen molar-refractivity contribution in [2.75, 3.05) is 0 Å². The number of aryl methyl sites for hydroxylation is 2. The third kappa shape index (κ3) is 3.92. The number of rotatable bonds is 6. The maximum absolute atomic E-state index is 13.4. The highest BCUT2D eigenvalue weighted by Gasteiger charge is 2.55. The van der Waals surface area contributed by atoms with Crippen molar-refractivity contribution in [2.24, 2.45) is 11.7 Å². The average molecular weight is 511 g/mol. The zero-order valence-electron chi connectivity index (χ0n) is 18.3. The first kappa shape index (κ1) is 21.7. The maximum Gasteiger partial charge on any atom is 0.269 e. The van der Waals surface area contributed by atoms with Gasteiger partial charge in [-0.3, -0.25) is 24.0 Å². The summed E-state index contributed by atoms with van der Waals surface area (Å²) in [5.74, 6) is -0.507. The van der Waals surface area contributed by atoms with Gasteiger partial charge in [0.2, 0.25) is 5.91 Å². The maximum atomic E-state index is 13.4. The van der Waals surface area contributed by atoms with E-state index in [1.54, 1.807) is 11.0 Å². The summed E-state index contributed by atoms with van der Waals surface area (Å²) in [6.07, 6.45) is 1.76. The molecule has 3 atom stereocenters. The number of fused-ring (bicyclic) bond motifs is 2. The minimum atomic E-state index is -0.658. The molecule has 3 aromatic rings. The second-order valence-electron chi connectivity index (χ2n) is 8.83.